The number of likely N-dealkylation sites (tertiary alicyclic amines) is 1. The number of piperidine rings is 1. The van der Waals surface area contributed by atoms with Crippen LogP contribution in [0.3, 0.4) is 0 Å². The molecule has 0 aromatic carbocycles. The van der Waals surface area contributed by atoms with Gasteiger partial charge in [0.2, 0.25) is 0 Å². The summed E-state index contributed by atoms with van der Waals surface area (Å²) < 4.78 is 1.82. The summed E-state index contributed by atoms with van der Waals surface area (Å²) in [6.45, 7) is 3.14. The second-order valence-electron chi connectivity index (χ2n) is 5.09. The molecule has 1 aliphatic heterocycles. The average Bonchev–Trinajstić information content (AvgIpc) is 2.92. The van der Waals surface area contributed by atoms with E-state index in [9.17, 15) is 9.90 Å². The molecule has 1 atom stereocenters. The third-order valence-electron chi connectivity index (χ3n) is 3.59. The maximum absolute atomic E-state index is 12.4. The van der Waals surface area contributed by atoms with Crippen molar-refractivity contribution in [2.24, 2.45) is 7.05 Å². The van der Waals surface area contributed by atoms with Gasteiger partial charge >= 0.3 is 0 Å². The lowest BCUT2D eigenvalue weighted by molar-refractivity contribution is 0.0478. The van der Waals surface area contributed by atoms with Gasteiger partial charge in [-0.3, -0.25) is 9.48 Å². The molecule has 102 valence electrons. The number of thiophene rings is 1. The second kappa shape index (κ2) is 4.61. The monoisotopic (exact) mass is 279 g/mol. The first-order valence-electron chi connectivity index (χ1n) is 6.46. The lowest BCUT2D eigenvalue weighted by atomic mass is 10.1. The Morgan fingerprint density at radius 2 is 2.37 bits per heavy atom. The highest BCUT2D eigenvalue weighted by Gasteiger charge is 2.25. The minimum absolute atomic E-state index is 0.0272. The van der Waals surface area contributed by atoms with Crippen molar-refractivity contribution in [3.8, 4) is 0 Å². The van der Waals surface area contributed by atoms with Gasteiger partial charge in [-0.2, -0.15) is 5.10 Å². The largest absolute Gasteiger partial charge is 0.391 e. The fourth-order valence-corrected chi connectivity index (χ4v) is 3.70. The smallest absolute Gasteiger partial charge is 0.264 e. The molecule has 6 heteroatoms. The number of rotatable bonds is 1. The zero-order chi connectivity index (χ0) is 13.6. The van der Waals surface area contributed by atoms with Crippen molar-refractivity contribution in [2.75, 3.05) is 13.1 Å². The number of aliphatic hydroxyl groups is 1. The van der Waals surface area contributed by atoms with Crippen molar-refractivity contribution in [1.82, 2.24) is 14.7 Å². The van der Waals surface area contributed by atoms with E-state index in [1.165, 1.54) is 11.3 Å². The van der Waals surface area contributed by atoms with Gasteiger partial charge in [-0.1, -0.05) is 0 Å². The number of amides is 1. The molecule has 2 aromatic heterocycles. The summed E-state index contributed by atoms with van der Waals surface area (Å²) in [7, 11) is 1.89. The van der Waals surface area contributed by atoms with E-state index in [2.05, 4.69) is 5.10 Å². The van der Waals surface area contributed by atoms with Crippen LogP contribution in [0.4, 0.5) is 0 Å². The Labute approximate surface area is 115 Å². The van der Waals surface area contributed by atoms with Crippen LogP contribution < -0.4 is 0 Å². The zero-order valence-electron chi connectivity index (χ0n) is 11.1. The summed E-state index contributed by atoms with van der Waals surface area (Å²) in [6, 6.07) is 1.92. The number of aromatic nitrogens is 2. The standard InChI is InChI=1S/C13H17N3O2S/c1-8-10-6-11(19-13(10)15(2)14-8)12(18)16-5-3-4-9(17)7-16/h6,9,17H,3-5,7H2,1-2H3. The molecule has 3 heterocycles. The van der Waals surface area contributed by atoms with Crippen LogP contribution in [-0.2, 0) is 7.05 Å². The number of fused-ring (bicyclic) bond motifs is 1. The summed E-state index contributed by atoms with van der Waals surface area (Å²) in [5.74, 6) is 0.0272. The Hall–Kier alpha value is -1.40. The molecule has 19 heavy (non-hydrogen) atoms. The molecule has 1 N–H and O–H groups in total. The zero-order valence-corrected chi connectivity index (χ0v) is 11.9. The summed E-state index contributed by atoms with van der Waals surface area (Å²) in [5, 5.41) is 15.0. The highest BCUT2D eigenvalue weighted by molar-refractivity contribution is 7.20. The van der Waals surface area contributed by atoms with Crippen LogP contribution in [0.2, 0.25) is 0 Å². The van der Waals surface area contributed by atoms with Gasteiger partial charge in [0.1, 0.15) is 4.83 Å². The van der Waals surface area contributed by atoms with Crippen molar-refractivity contribution in [3.63, 3.8) is 0 Å². The van der Waals surface area contributed by atoms with Crippen molar-refractivity contribution in [3.05, 3.63) is 16.6 Å². The molecule has 1 unspecified atom stereocenters. The molecular weight excluding hydrogens is 262 g/mol. The summed E-state index contributed by atoms with van der Waals surface area (Å²) >= 11 is 1.48. The Kier molecular flexibility index (Phi) is 3.06. The molecule has 3 rings (SSSR count). The SMILES string of the molecule is Cc1nn(C)c2sc(C(=O)N3CCCC(O)C3)cc12. The maximum atomic E-state index is 12.4. The molecule has 0 radical (unpaired) electrons. The van der Waals surface area contributed by atoms with E-state index in [0.29, 0.717) is 6.54 Å². The van der Waals surface area contributed by atoms with Crippen molar-refractivity contribution < 1.29 is 9.90 Å². The number of carbonyl (C=O) groups is 1. The molecule has 2 aromatic rings. The molecule has 1 aliphatic rings. The lowest BCUT2D eigenvalue weighted by Crippen LogP contribution is -2.41. The van der Waals surface area contributed by atoms with Crippen LogP contribution in [0, 0.1) is 6.92 Å². The molecule has 0 saturated carbocycles. The van der Waals surface area contributed by atoms with E-state index in [-0.39, 0.29) is 12.0 Å². The van der Waals surface area contributed by atoms with Gasteiger partial charge in [-0.05, 0) is 25.8 Å². The summed E-state index contributed by atoms with van der Waals surface area (Å²) in [6.07, 6.45) is 1.29. The number of carbonyl (C=O) groups excluding carboxylic acids is 1. The third-order valence-corrected chi connectivity index (χ3v) is 4.78. The van der Waals surface area contributed by atoms with Gasteiger partial charge in [0.25, 0.3) is 5.91 Å². The van der Waals surface area contributed by atoms with E-state index in [4.69, 9.17) is 0 Å². The van der Waals surface area contributed by atoms with E-state index in [1.807, 2.05) is 24.7 Å². The summed E-state index contributed by atoms with van der Waals surface area (Å²) in [5.41, 5.74) is 0.950. The molecule has 1 amide bonds. The number of aryl methyl sites for hydroxylation is 2. The van der Waals surface area contributed by atoms with E-state index in [1.54, 1.807) is 4.90 Å². The molecule has 1 fully saturated rings. The van der Waals surface area contributed by atoms with E-state index >= 15 is 0 Å². The van der Waals surface area contributed by atoms with Gasteiger partial charge in [0, 0.05) is 25.5 Å². The van der Waals surface area contributed by atoms with Crippen LogP contribution in [-0.4, -0.2) is 44.9 Å². The number of hydrogen-bond donors (Lipinski definition) is 1. The topological polar surface area (TPSA) is 58.4 Å². The van der Waals surface area contributed by atoms with Gasteiger partial charge < -0.3 is 10.0 Å². The molecule has 0 aliphatic carbocycles. The number of β-amino-alcohol motifs (C(OH)–C–C–N with tert-alkyl or cyclic N) is 1. The first-order chi connectivity index (χ1) is 9.06. The molecule has 1 saturated heterocycles. The molecular formula is C13H17N3O2S. The van der Waals surface area contributed by atoms with Crippen LogP contribution in [0.15, 0.2) is 6.07 Å². The van der Waals surface area contributed by atoms with Gasteiger partial charge in [0.05, 0.1) is 16.7 Å². The minimum Gasteiger partial charge on any atom is -0.391 e. The quantitative estimate of drug-likeness (QED) is 0.861. The van der Waals surface area contributed by atoms with Gasteiger partial charge in [-0.15, -0.1) is 11.3 Å². The first kappa shape index (κ1) is 12.6. The van der Waals surface area contributed by atoms with Gasteiger partial charge in [-0.25, -0.2) is 0 Å². The second-order valence-corrected chi connectivity index (χ2v) is 6.12. The van der Waals surface area contributed by atoms with Crippen LogP contribution in [0.5, 0.6) is 0 Å². The fraction of sp³-hybridized carbons (Fsp3) is 0.538. The Bertz CT molecular complexity index is 597. The Balaban J connectivity index is 1.91. The predicted molar refractivity (Wildman–Crippen MR) is 74.5 cm³/mol. The normalized spacial score (nSPS) is 20.2. The number of aliphatic hydroxyl groups excluding tert-OH is 1. The lowest BCUT2D eigenvalue weighted by Gasteiger charge is -2.29. The van der Waals surface area contributed by atoms with Crippen molar-refractivity contribution in [2.45, 2.75) is 25.9 Å². The number of hydrogen-bond acceptors (Lipinski definition) is 4. The highest BCUT2D eigenvalue weighted by Crippen LogP contribution is 2.29. The fourth-order valence-electron chi connectivity index (χ4n) is 2.61. The van der Waals surface area contributed by atoms with E-state index < -0.39 is 0 Å². The Morgan fingerprint density at radius 3 is 3.05 bits per heavy atom. The predicted octanol–water partition coefficient (Wildman–Crippen LogP) is 1.54. The summed E-state index contributed by atoms with van der Waals surface area (Å²) in [4.78, 5) is 15.9. The van der Waals surface area contributed by atoms with Crippen molar-refractivity contribution >= 4 is 27.5 Å². The minimum atomic E-state index is -0.379. The molecule has 5 nitrogen and oxygen atoms in total. The maximum Gasteiger partial charge on any atom is 0.264 e. The average molecular weight is 279 g/mol. The number of nitrogens with zero attached hydrogens (tertiary/aromatic N) is 3. The molecule has 0 spiro atoms. The van der Waals surface area contributed by atoms with E-state index in [0.717, 1.165) is 40.2 Å². The van der Waals surface area contributed by atoms with Gasteiger partial charge in [0.15, 0.2) is 0 Å². The van der Waals surface area contributed by atoms with Crippen LogP contribution in [0.1, 0.15) is 28.2 Å². The van der Waals surface area contributed by atoms with Crippen LogP contribution in [0.25, 0.3) is 10.2 Å². The van der Waals surface area contributed by atoms with Crippen molar-refractivity contribution in [1.29, 1.82) is 0 Å². The highest BCUT2D eigenvalue weighted by atomic mass is 32.1. The molecule has 0 bridgehead atoms. The Morgan fingerprint density at radius 1 is 1.58 bits per heavy atom. The van der Waals surface area contributed by atoms with Crippen LogP contribution >= 0.6 is 11.3 Å². The third kappa shape index (κ3) is 2.15. The first-order valence-corrected chi connectivity index (χ1v) is 7.28.